The molecule has 0 bridgehead atoms. The van der Waals surface area contributed by atoms with Crippen molar-refractivity contribution < 1.29 is 13.2 Å². The standard InChI is InChI=1S/C12H7F3/c13-9-6-10(14)12(11(15)7-9)8-4-2-1-3-5-8/h1-7H. The molecule has 0 spiro atoms. The number of hydrogen-bond acceptors (Lipinski definition) is 0. The Hall–Kier alpha value is -1.77. The molecule has 0 fully saturated rings. The maximum Gasteiger partial charge on any atom is 0.136 e. The van der Waals surface area contributed by atoms with Gasteiger partial charge in [-0.05, 0) is 5.56 Å². The predicted octanol–water partition coefficient (Wildman–Crippen LogP) is 3.77. The number of rotatable bonds is 1. The second-order valence-electron chi connectivity index (χ2n) is 3.11. The SMILES string of the molecule is Fc1cc(F)c(-c2ccccc2)c(F)c1. The molecule has 3 heteroatoms. The van der Waals surface area contributed by atoms with Gasteiger partial charge in [0.05, 0.1) is 5.56 Å². The van der Waals surface area contributed by atoms with Gasteiger partial charge in [0.2, 0.25) is 0 Å². The van der Waals surface area contributed by atoms with Crippen LogP contribution in [0, 0.1) is 17.5 Å². The first-order valence-electron chi connectivity index (χ1n) is 4.38. The lowest BCUT2D eigenvalue weighted by Crippen LogP contribution is -1.91. The molecule has 0 saturated heterocycles. The van der Waals surface area contributed by atoms with Gasteiger partial charge in [-0.3, -0.25) is 0 Å². The maximum absolute atomic E-state index is 13.3. The van der Waals surface area contributed by atoms with E-state index in [1.165, 1.54) is 0 Å². The minimum Gasteiger partial charge on any atom is -0.207 e. The van der Waals surface area contributed by atoms with Crippen LogP contribution in [0.3, 0.4) is 0 Å². The normalized spacial score (nSPS) is 10.3. The number of halogens is 3. The Morgan fingerprint density at radius 1 is 0.733 bits per heavy atom. The molecule has 0 heterocycles. The van der Waals surface area contributed by atoms with Gasteiger partial charge in [0.25, 0.3) is 0 Å². The quantitative estimate of drug-likeness (QED) is 0.669. The molecule has 0 aliphatic rings. The molecule has 0 aliphatic heterocycles. The van der Waals surface area contributed by atoms with Crippen molar-refractivity contribution in [2.75, 3.05) is 0 Å². The van der Waals surface area contributed by atoms with E-state index in [2.05, 4.69) is 0 Å². The molecule has 0 nitrogen and oxygen atoms in total. The molecule has 2 aromatic rings. The summed E-state index contributed by atoms with van der Waals surface area (Å²) in [7, 11) is 0. The molecule has 0 radical (unpaired) electrons. The van der Waals surface area contributed by atoms with Crippen molar-refractivity contribution in [1.82, 2.24) is 0 Å². The van der Waals surface area contributed by atoms with Crippen LogP contribution in [0.5, 0.6) is 0 Å². The first-order chi connectivity index (χ1) is 7.18. The second-order valence-corrected chi connectivity index (χ2v) is 3.11. The van der Waals surface area contributed by atoms with Gasteiger partial charge in [-0.15, -0.1) is 0 Å². The third-order valence-corrected chi connectivity index (χ3v) is 2.07. The average Bonchev–Trinajstić information content (AvgIpc) is 2.17. The largest absolute Gasteiger partial charge is 0.207 e. The maximum atomic E-state index is 13.3. The van der Waals surface area contributed by atoms with Gasteiger partial charge in [-0.25, -0.2) is 13.2 Å². The first kappa shape index (κ1) is 9.77. The van der Waals surface area contributed by atoms with Crippen LogP contribution in [0.1, 0.15) is 0 Å². The van der Waals surface area contributed by atoms with Gasteiger partial charge < -0.3 is 0 Å². The van der Waals surface area contributed by atoms with Crippen molar-refractivity contribution in [3.8, 4) is 11.1 Å². The van der Waals surface area contributed by atoms with Crippen LogP contribution < -0.4 is 0 Å². The number of benzene rings is 2. The Kier molecular flexibility index (Phi) is 2.46. The highest BCUT2D eigenvalue weighted by Gasteiger charge is 2.12. The van der Waals surface area contributed by atoms with E-state index in [-0.39, 0.29) is 5.56 Å². The molecule has 0 aromatic heterocycles. The molecule has 0 aliphatic carbocycles. The van der Waals surface area contributed by atoms with Crippen LogP contribution in [-0.2, 0) is 0 Å². The van der Waals surface area contributed by atoms with Gasteiger partial charge in [0.15, 0.2) is 0 Å². The highest BCUT2D eigenvalue weighted by Crippen LogP contribution is 2.26. The summed E-state index contributed by atoms with van der Waals surface area (Å²) >= 11 is 0. The van der Waals surface area contributed by atoms with E-state index < -0.39 is 17.5 Å². The summed E-state index contributed by atoms with van der Waals surface area (Å²) in [4.78, 5) is 0. The van der Waals surface area contributed by atoms with E-state index in [9.17, 15) is 13.2 Å². The minimum absolute atomic E-state index is 0.197. The van der Waals surface area contributed by atoms with Gasteiger partial charge in [-0.2, -0.15) is 0 Å². The molecule has 0 atom stereocenters. The van der Waals surface area contributed by atoms with Crippen molar-refractivity contribution in [2.45, 2.75) is 0 Å². The lowest BCUT2D eigenvalue weighted by molar-refractivity contribution is 0.548. The monoisotopic (exact) mass is 208 g/mol. The van der Waals surface area contributed by atoms with Crippen molar-refractivity contribution in [3.05, 3.63) is 59.9 Å². The van der Waals surface area contributed by atoms with E-state index in [0.717, 1.165) is 0 Å². The topological polar surface area (TPSA) is 0 Å². The van der Waals surface area contributed by atoms with Crippen LogP contribution in [0.15, 0.2) is 42.5 Å². The van der Waals surface area contributed by atoms with E-state index in [0.29, 0.717) is 17.7 Å². The molecule has 76 valence electrons. The lowest BCUT2D eigenvalue weighted by atomic mass is 10.0. The van der Waals surface area contributed by atoms with Crippen molar-refractivity contribution >= 4 is 0 Å². The molecule has 0 amide bonds. The fourth-order valence-electron chi connectivity index (χ4n) is 1.42. The highest BCUT2D eigenvalue weighted by molar-refractivity contribution is 5.64. The van der Waals surface area contributed by atoms with Gasteiger partial charge in [0.1, 0.15) is 17.5 Å². The summed E-state index contributed by atoms with van der Waals surface area (Å²) in [5, 5.41) is 0. The Morgan fingerprint density at radius 2 is 1.27 bits per heavy atom. The van der Waals surface area contributed by atoms with E-state index in [4.69, 9.17) is 0 Å². The molecular formula is C12H7F3. The molecule has 2 aromatic carbocycles. The minimum atomic E-state index is -0.912. The third kappa shape index (κ3) is 1.86. The van der Waals surface area contributed by atoms with Gasteiger partial charge >= 0.3 is 0 Å². The van der Waals surface area contributed by atoms with Crippen molar-refractivity contribution in [1.29, 1.82) is 0 Å². The second kappa shape index (κ2) is 3.77. The van der Waals surface area contributed by atoms with E-state index in [1.807, 2.05) is 0 Å². The van der Waals surface area contributed by atoms with Crippen molar-refractivity contribution in [3.63, 3.8) is 0 Å². The Labute approximate surface area is 85.0 Å². The Balaban J connectivity index is 2.64. The molecule has 2 rings (SSSR count). The zero-order valence-corrected chi connectivity index (χ0v) is 7.68. The lowest BCUT2D eigenvalue weighted by Gasteiger charge is -2.04. The van der Waals surface area contributed by atoms with Gasteiger partial charge in [-0.1, -0.05) is 30.3 Å². The van der Waals surface area contributed by atoms with Crippen LogP contribution in [0.4, 0.5) is 13.2 Å². The highest BCUT2D eigenvalue weighted by atomic mass is 19.1. The smallest absolute Gasteiger partial charge is 0.136 e. The Morgan fingerprint density at radius 3 is 1.80 bits per heavy atom. The fraction of sp³-hybridized carbons (Fsp3) is 0. The zero-order chi connectivity index (χ0) is 10.8. The first-order valence-corrected chi connectivity index (χ1v) is 4.38. The molecule has 0 unspecified atom stereocenters. The molecular weight excluding hydrogens is 201 g/mol. The summed E-state index contributed by atoms with van der Waals surface area (Å²) in [6, 6.07) is 9.55. The molecule has 0 N–H and O–H groups in total. The van der Waals surface area contributed by atoms with Crippen LogP contribution >= 0.6 is 0 Å². The van der Waals surface area contributed by atoms with Crippen molar-refractivity contribution in [2.24, 2.45) is 0 Å². The van der Waals surface area contributed by atoms with Gasteiger partial charge in [0, 0.05) is 12.1 Å². The average molecular weight is 208 g/mol. The van der Waals surface area contributed by atoms with Crippen LogP contribution in [0.2, 0.25) is 0 Å². The summed E-state index contributed by atoms with van der Waals surface area (Å²) in [5.41, 5.74) is 0.199. The third-order valence-electron chi connectivity index (χ3n) is 2.07. The molecule has 0 saturated carbocycles. The molecule has 15 heavy (non-hydrogen) atoms. The van der Waals surface area contributed by atoms with Crippen LogP contribution in [0.25, 0.3) is 11.1 Å². The summed E-state index contributed by atoms with van der Waals surface area (Å²) < 4.78 is 39.3. The summed E-state index contributed by atoms with van der Waals surface area (Å²) in [5.74, 6) is -2.69. The Bertz CT molecular complexity index is 454. The van der Waals surface area contributed by atoms with Crippen LogP contribution in [-0.4, -0.2) is 0 Å². The van der Waals surface area contributed by atoms with E-state index >= 15 is 0 Å². The summed E-state index contributed by atoms with van der Waals surface area (Å²) in [6.45, 7) is 0. The predicted molar refractivity (Wildman–Crippen MR) is 51.8 cm³/mol. The number of hydrogen-bond donors (Lipinski definition) is 0. The zero-order valence-electron chi connectivity index (χ0n) is 7.68. The summed E-state index contributed by atoms with van der Waals surface area (Å²) in [6.07, 6.45) is 0. The fourth-order valence-corrected chi connectivity index (χ4v) is 1.42. The van der Waals surface area contributed by atoms with E-state index in [1.54, 1.807) is 30.3 Å².